The van der Waals surface area contributed by atoms with Gasteiger partial charge in [-0.3, -0.25) is 0 Å². The first-order valence-electron chi connectivity index (χ1n) is 6.63. The summed E-state index contributed by atoms with van der Waals surface area (Å²) >= 11 is 3.60. The van der Waals surface area contributed by atoms with Gasteiger partial charge in [0.1, 0.15) is 6.10 Å². The molecule has 2 aromatic carbocycles. The molecule has 0 aromatic heterocycles. The van der Waals surface area contributed by atoms with Crippen LogP contribution >= 0.6 is 15.9 Å². The third-order valence-electron chi connectivity index (χ3n) is 3.61. The van der Waals surface area contributed by atoms with Crippen molar-refractivity contribution in [2.75, 3.05) is 0 Å². The monoisotopic (exact) mass is 326 g/mol. The fourth-order valence-corrected chi connectivity index (χ4v) is 3.07. The van der Waals surface area contributed by atoms with Gasteiger partial charge in [0, 0.05) is 16.5 Å². The van der Waals surface area contributed by atoms with Crippen LogP contribution in [0.3, 0.4) is 0 Å². The topological polar surface area (TPSA) is 9.23 Å². The van der Waals surface area contributed by atoms with E-state index in [-0.39, 0.29) is 12.2 Å². The molecule has 2 aromatic rings. The van der Waals surface area contributed by atoms with Gasteiger partial charge in [-0.15, -0.1) is 5.73 Å². The van der Waals surface area contributed by atoms with Crippen LogP contribution in [-0.4, -0.2) is 0 Å². The Labute approximate surface area is 127 Å². The first kappa shape index (κ1) is 13.4. The summed E-state index contributed by atoms with van der Waals surface area (Å²) in [5, 5.41) is 0. The van der Waals surface area contributed by atoms with E-state index in [1.54, 1.807) is 0 Å². The zero-order valence-corrected chi connectivity index (χ0v) is 12.6. The van der Waals surface area contributed by atoms with Crippen molar-refractivity contribution in [1.82, 2.24) is 0 Å². The molecule has 0 bridgehead atoms. The van der Waals surface area contributed by atoms with Crippen LogP contribution in [0, 0.1) is 0 Å². The van der Waals surface area contributed by atoms with Gasteiger partial charge >= 0.3 is 0 Å². The van der Waals surface area contributed by atoms with Crippen molar-refractivity contribution in [3.05, 3.63) is 88.1 Å². The molecule has 0 unspecified atom stereocenters. The fourth-order valence-electron chi connectivity index (χ4n) is 2.58. The molecule has 0 amide bonds. The van der Waals surface area contributed by atoms with Gasteiger partial charge in [-0.05, 0) is 17.2 Å². The molecule has 2 heteroatoms. The Morgan fingerprint density at radius 3 is 2.45 bits per heavy atom. The standard InChI is InChI=1S/C18H15BrO/c1-2-13-12-17(14-8-4-3-5-9-14)20-18(13)15-10-6-7-11-16(15)19/h3-11,17-18H,1,12H2/t17-,18+/m0/s1. The summed E-state index contributed by atoms with van der Waals surface area (Å²) in [4.78, 5) is 0. The van der Waals surface area contributed by atoms with Crippen LogP contribution in [0.15, 0.2) is 77.0 Å². The van der Waals surface area contributed by atoms with E-state index in [1.165, 1.54) is 5.56 Å². The quantitative estimate of drug-likeness (QED) is 0.675. The molecule has 0 N–H and O–H groups in total. The highest BCUT2D eigenvalue weighted by Crippen LogP contribution is 2.45. The van der Waals surface area contributed by atoms with E-state index in [0.717, 1.165) is 22.0 Å². The van der Waals surface area contributed by atoms with Crippen molar-refractivity contribution in [3.63, 3.8) is 0 Å². The average molecular weight is 327 g/mol. The summed E-state index contributed by atoms with van der Waals surface area (Å²) < 4.78 is 7.31. The first-order chi connectivity index (χ1) is 9.79. The lowest BCUT2D eigenvalue weighted by atomic mass is 9.99. The van der Waals surface area contributed by atoms with Gasteiger partial charge in [0.25, 0.3) is 0 Å². The largest absolute Gasteiger partial charge is 0.360 e. The zero-order valence-electron chi connectivity index (χ0n) is 11.1. The highest BCUT2D eigenvalue weighted by atomic mass is 79.9. The molecule has 0 saturated carbocycles. The third-order valence-corrected chi connectivity index (χ3v) is 4.33. The molecule has 1 fully saturated rings. The molecule has 3 rings (SSSR count). The summed E-state index contributed by atoms with van der Waals surface area (Å²) in [6.45, 7) is 3.82. The van der Waals surface area contributed by atoms with E-state index >= 15 is 0 Å². The van der Waals surface area contributed by atoms with Crippen molar-refractivity contribution >= 4 is 15.9 Å². The van der Waals surface area contributed by atoms with Gasteiger partial charge in [-0.1, -0.05) is 71.0 Å². The Kier molecular flexibility index (Phi) is 3.88. The van der Waals surface area contributed by atoms with Crippen LogP contribution in [-0.2, 0) is 4.74 Å². The summed E-state index contributed by atoms with van der Waals surface area (Å²) in [6, 6.07) is 18.5. The minimum absolute atomic E-state index is 0.0618. The van der Waals surface area contributed by atoms with E-state index < -0.39 is 0 Å². The molecular weight excluding hydrogens is 312 g/mol. The van der Waals surface area contributed by atoms with Crippen molar-refractivity contribution in [2.24, 2.45) is 0 Å². The normalized spacial score (nSPS) is 21.8. The number of benzene rings is 2. The minimum atomic E-state index is -0.0618. The molecular formula is C18H15BrO. The smallest absolute Gasteiger partial charge is 0.113 e. The van der Waals surface area contributed by atoms with Gasteiger partial charge in [0.15, 0.2) is 0 Å². The van der Waals surface area contributed by atoms with Gasteiger partial charge < -0.3 is 4.74 Å². The number of ether oxygens (including phenoxy) is 1. The molecule has 0 aliphatic carbocycles. The molecule has 2 atom stereocenters. The highest BCUT2D eigenvalue weighted by molar-refractivity contribution is 9.10. The van der Waals surface area contributed by atoms with E-state index in [4.69, 9.17) is 4.74 Å². The Morgan fingerprint density at radius 2 is 1.75 bits per heavy atom. The second-order valence-corrected chi connectivity index (χ2v) is 5.70. The third kappa shape index (κ3) is 2.51. The lowest BCUT2D eigenvalue weighted by Gasteiger charge is -2.15. The first-order valence-corrected chi connectivity index (χ1v) is 7.42. The summed E-state index contributed by atoms with van der Waals surface area (Å²) in [6.07, 6.45) is 0.866. The lowest BCUT2D eigenvalue weighted by molar-refractivity contribution is 0.0513. The van der Waals surface area contributed by atoms with Crippen LogP contribution < -0.4 is 0 Å². The summed E-state index contributed by atoms with van der Waals surface area (Å²) in [5.74, 6) is 0. The Bertz CT molecular complexity index is 656. The molecule has 0 radical (unpaired) electrons. The van der Waals surface area contributed by atoms with E-state index in [9.17, 15) is 0 Å². The lowest BCUT2D eigenvalue weighted by Crippen LogP contribution is -2.01. The summed E-state index contributed by atoms with van der Waals surface area (Å²) in [7, 11) is 0. The second kappa shape index (κ2) is 5.80. The zero-order chi connectivity index (χ0) is 13.9. The number of hydrogen-bond acceptors (Lipinski definition) is 1. The Balaban J connectivity index is 1.94. The van der Waals surface area contributed by atoms with Crippen LogP contribution in [0.1, 0.15) is 29.8 Å². The van der Waals surface area contributed by atoms with E-state index in [0.29, 0.717) is 0 Å². The maximum Gasteiger partial charge on any atom is 0.113 e. The Morgan fingerprint density at radius 1 is 1.05 bits per heavy atom. The molecule has 1 nitrogen and oxygen atoms in total. The number of halogens is 1. The van der Waals surface area contributed by atoms with Crippen molar-refractivity contribution in [1.29, 1.82) is 0 Å². The van der Waals surface area contributed by atoms with E-state index in [1.807, 2.05) is 36.4 Å². The molecule has 100 valence electrons. The van der Waals surface area contributed by atoms with Gasteiger partial charge in [0.05, 0.1) is 6.10 Å². The van der Waals surface area contributed by atoms with Crippen molar-refractivity contribution in [2.45, 2.75) is 18.6 Å². The average Bonchev–Trinajstić information content (AvgIpc) is 2.93. The molecule has 1 aliphatic heterocycles. The summed E-state index contributed by atoms with van der Waals surface area (Å²) in [5.41, 5.74) is 6.52. The second-order valence-electron chi connectivity index (χ2n) is 4.84. The SMILES string of the molecule is C=C=C1C[C@@H](c2ccccc2)O[C@H]1c1ccccc1Br. The maximum absolute atomic E-state index is 6.25. The maximum atomic E-state index is 6.25. The highest BCUT2D eigenvalue weighted by Gasteiger charge is 2.32. The molecule has 20 heavy (non-hydrogen) atoms. The van der Waals surface area contributed by atoms with Crippen LogP contribution in [0.2, 0.25) is 0 Å². The fraction of sp³-hybridized carbons (Fsp3) is 0.167. The van der Waals surface area contributed by atoms with Crippen LogP contribution in [0.4, 0.5) is 0 Å². The molecule has 1 saturated heterocycles. The van der Waals surface area contributed by atoms with Crippen LogP contribution in [0.5, 0.6) is 0 Å². The minimum Gasteiger partial charge on any atom is -0.360 e. The number of rotatable bonds is 2. The number of hydrogen-bond donors (Lipinski definition) is 0. The van der Waals surface area contributed by atoms with Crippen LogP contribution in [0.25, 0.3) is 0 Å². The van der Waals surface area contributed by atoms with Gasteiger partial charge in [-0.25, -0.2) is 0 Å². The predicted molar refractivity (Wildman–Crippen MR) is 84.4 cm³/mol. The van der Waals surface area contributed by atoms with Crippen molar-refractivity contribution < 1.29 is 4.74 Å². The molecule has 1 heterocycles. The Hall–Kier alpha value is -1.60. The van der Waals surface area contributed by atoms with Gasteiger partial charge in [0.2, 0.25) is 0 Å². The van der Waals surface area contributed by atoms with Crippen molar-refractivity contribution in [3.8, 4) is 0 Å². The van der Waals surface area contributed by atoms with E-state index in [2.05, 4.69) is 46.4 Å². The molecule has 0 spiro atoms. The predicted octanol–water partition coefficient (Wildman–Crippen LogP) is 5.36. The molecule has 1 aliphatic rings. The van der Waals surface area contributed by atoms with Gasteiger partial charge in [-0.2, -0.15) is 0 Å².